The second kappa shape index (κ2) is 5.98. The minimum atomic E-state index is -0.939. The second-order valence-corrected chi connectivity index (χ2v) is 4.76. The van der Waals surface area contributed by atoms with Gasteiger partial charge >= 0.3 is 0 Å². The molecule has 8 nitrogen and oxygen atoms in total. The lowest BCUT2D eigenvalue weighted by Crippen LogP contribution is -2.45. The van der Waals surface area contributed by atoms with Crippen molar-refractivity contribution in [1.29, 1.82) is 0 Å². The Morgan fingerprint density at radius 2 is 2.05 bits per heavy atom. The van der Waals surface area contributed by atoms with Crippen molar-refractivity contribution in [2.45, 2.75) is 18.9 Å². The maximum atomic E-state index is 10.9. The van der Waals surface area contributed by atoms with Crippen LogP contribution >= 0.6 is 0 Å². The molecule has 0 radical (unpaired) electrons. The van der Waals surface area contributed by atoms with Crippen LogP contribution in [0.5, 0.6) is 0 Å². The van der Waals surface area contributed by atoms with Gasteiger partial charge in [0.25, 0.3) is 5.69 Å². The number of fused-ring (bicyclic) bond motifs is 1. The van der Waals surface area contributed by atoms with Gasteiger partial charge in [-0.15, -0.1) is 0 Å². The molecule has 2 rings (SSSR count). The molecule has 0 saturated carbocycles. The number of benzene rings is 1. The van der Waals surface area contributed by atoms with Gasteiger partial charge in [-0.1, -0.05) is 6.92 Å². The number of non-ortho nitro benzene ring substituents is 1. The number of hydrogen-bond donors (Lipinski definition) is 3. The van der Waals surface area contributed by atoms with Gasteiger partial charge in [0.15, 0.2) is 0 Å². The largest absolute Gasteiger partial charge is 0.394 e. The Hall–Kier alpha value is -2.32. The van der Waals surface area contributed by atoms with E-state index in [0.29, 0.717) is 23.1 Å². The molecular formula is C13H16N4O4. The van der Waals surface area contributed by atoms with E-state index >= 15 is 0 Å². The van der Waals surface area contributed by atoms with Crippen molar-refractivity contribution >= 4 is 22.4 Å². The number of aliphatic hydroxyl groups excluding tert-OH is 2. The average molecular weight is 292 g/mol. The van der Waals surface area contributed by atoms with Gasteiger partial charge in [0.05, 0.1) is 29.2 Å². The third kappa shape index (κ3) is 2.91. The molecule has 0 fully saturated rings. The first-order valence-corrected chi connectivity index (χ1v) is 6.44. The molecule has 2 aromatic rings. The van der Waals surface area contributed by atoms with Crippen molar-refractivity contribution in [1.82, 2.24) is 9.97 Å². The number of nitro groups is 1. The van der Waals surface area contributed by atoms with Crippen LogP contribution in [-0.2, 0) is 0 Å². The molecule has 1 aromatic heterocycles. The molecule has 0 unspecified atom stereocenters. The number of aromatic nitrogens is 2. The molecule has 112 valence electrons. The molecule has 0 atom stereocenters. The van der Waals surface area contributed by atoms with Crippen molar-refractivity contribution in [2.24, 2.45) is 0 Å². The Kier molecular flexibility index (Phi) is 4.29. The van der Waals surface area contributed by atoms with Crippen LogP contribution in [0.3, 0.4) is 0 Å². The Morgan fingerprint density at radius 3 is 2.62 bits per heavy atom. The normalized spacial score (nSPS) is 11.6. The summed E-state index contributed by atoms with van der Waals surface area (Å²) in [6.07, 6.45) is 1.78. The lowest BCUT2D eigenvalue weighted by Gasteiger charge is -2.30. The zero-order chi connectivity index (χ0) is 15.5. The molecule has 3 N–H and O–H groups in total. The van der Waals surface area contributed by atoms with Gasteiger partial charge in [-0.25, -0.2) is 9.97 Å². The molecule has 0 aliphatic rings. The Balaban J connectivity index is 2.52. The van der Waals surface area contributed by atoms with Gasteiger partial charge in [0, 0.05) is 17.5 Å². The van der Waals surface area contributed by atoms with Crippen molar-refractivity contribution in [3.63, 3.8) is 0 Å². The first-order chi connectivity index (χ1) is 10.0. The number of rotatable bonds is 6. The van der Waals surface area contributed by atoms with Crippen LogP contribution in [0.2, 0.25) is 0 Å². The summed E-state index contributed by atoms with van der Waals surface area (Å²) in [6, 6.07) is 4.27. The van der Waals surface area contributed by atoms with E-state index < -0.39 is 10.5 Å². The van der Waals surface area contributed by atoms with E-state index in [1.165, 1.54) is 24.5 Å². The Morgan fingerprint density at radius 1 is 1.33 bits per heavy atom. The van der Waals surface area contributed by atoms with Crippen LogP contribution in [0, 0.1) is 10.1 Å². The molecule has 0 amide bonds. The minimum Gasteiger partial charge on any atom is -0.394 e. The monoisotopic (exact) mass is 292 g/mol. The van der Waals surface area contributed by atoms with Gasteiger partial charge < -0.3 is 15.5 Å². The van der Waals surface area contributed by atoms with Crippen LogP contribution in [0.25, 0.3) is 10.9 Å². The molecule has 0 aliphatic carbocycles. The maximum Gasteiger partial charge on any atom is 0.270 e. The molecule has 8 heteroatoms. The average Bonchev–Trinajstić information content (AvgIpc) is 2.52. The van der Waals surface area contributed by atoms with E-state index in [1.54, 1.807) is 0 Å². The van der Waals surface area contributed by atoms with Crippen LogP contribution in [0.4, 0.5) is 11.5 Å². The molecule has 1 aromatic carbocycles. The van der Waals surface area contributed by atoms with E-state index in [0.717, 1.165) is 0 Å². The van der Waals surface area contributed by atoms with Crippen LogP contribution in [0.1, 0.15) is 13.3 Å². The summed E-state index contributed by atoms with van der Waals surface area (Å²) in [4.78, 5) is 18.5. The van der Waals surface area contributed by atoms with Gasteiger partial charge in [-0.05, 0) is 12.5 Å². The highest BCUT2D eigenvalue weighted by molar-refractivity contribution is 5.90. The summed E-state index contributed by atoms with van der Waals surface area (Å²) < 4.78 is 0. The van der Waals surface area contributed by atoms with Crippen LogP contribution in [0.15, 0.2) is 24.5 Å². The molecule has 0 aliphatic heterocycles. The summed E-state index contributed by atoms with van der Waals surface area (Å²) in [5.74, 6) is 0.341. The number of nitro benzene ring substituents is 1. The molecular weight excluding hydrogens is 276 g/mol. The van der Waals surface area contributed by atoms with Crippen molar-refractivity contribution in [2.75, 3.05) is 18.5 Å². The second-order valence-electron chi connectivity index (χ2n) is 4.76. The Bertz CT molecular complexity index is 649. The predicted octanol–water partition coefficient (Wildman–Crippen LogP) is 1.08. The third-order valence-electron chi connectivity index (χ3n) is 3.50. The minimum absolute atomic E-state index is 0.0737. The predicted molar refractivity (Wildman–Crippen MR) is 77.0 cm³/mol. The number of anilines is 1. The Labute approximate surface area is 120 Å². The summed E-state index contributed by atoms with van der Waals surface area (Å²) in [6.45, 7) is 1.23. The quantitative estimate of drug-likeness (QED) is 0.538. The number of nitrogens with zero attached hydrogens (tertiary/aromatic N) is 3. The summed E-state index contributed by atoms with van der Waals surface area (Å²) in [5, 5.41) is 33.3. The van der Waals surface area contributed by atoms with E-state index in [1.807, 2.05) is 6.92 Å². The van der Waals surface area contributed by atoms with Gasteiger partial charge in [-0.3, -0.25) is 10.1 Å². The summed E-state index contributed by atoms with van der Waals surface area (Å²) >= 11 is 0. The lowest BCUT2D eigenvalue weighted by molar-refractivity contribution is -0.384. The maximum absolute atomic E-state index is 10.9. The molecule has 0 saturated heterocycles. The van der Waals surface area contributed by atoms with Crippen molar-refractivity contribution < 1.29 is 15.1 Å². The van der Waals surface area contributed by atoms with Gasteiger partial charge in [0.2, 0.25) is 0 Å². The SMILES string of the molecule is CCC(CO)(CO)Nc1ncnc2ccc([N+](=O)[O-])cc12. The van der Waals surface area contributed by atoms with E-state index in [4.69, 9.17) is 0 Å². The van der Waals surface area contributed by atoms with Crippen molar-refractivity contribution in [3.05, 3.63) is 34.6 Å². The smallest absolute Gasteiger partial charge is 0.270 e. The van der Waals surface area contributed by atoms with E-state index in [2.05, 4.69) is 15.3 Å². The fourth-order valence-corrected chi connectivity index (χ4v) is 1.95. The number of aliphatic hydroxyl groups is 2. The zero-order valence-electron chi connectivity index (χ0n) is 11.5. The lowest BCUT2D eigenvalue weighted by atomic mass is 9.98. The van der Waals surface area contributed by atoms with Crippen molar-refractivity contribution in [3.8, 4) is 0 Å². The topological polar surface area (TPSA) is 121 Å². The highest BCUT2D eigenvalue weighted by atomic mass is 16.6. The number of nitrogens with one attached hydrogen (secondary N) is 1. The molecule has 0 bridgehead atoms. The fraction of sp³-hybridized carbons (Fsp3) is 0.385. The zero-order valence-corrected chi connectivity index (χ0v) is 11.5. The molecule has 21 heavy (non-hydrogen) atoms. The summed E-state index contributed by atoms with van der Waals surface area (Å²) in [5.41, 5.74) is -0.472. The standard InChI is InChI=1S/C13H16N4O4/c1-2-13(6-18,7-19)16-12-10-5-9(17(20)21)3-4-11(10)14-8-15-12/h3-5,8,18-19H,2,6-7H2,1H3,(H,14,15,16). The number of hydrogen-bond acceptors (Lipinski definition) is 7. The third-order valence-corrected chi connectivity index (χ3v) is 3.50. The fourth-order valence-electron chi connectivity index (χ4n) is 1.95. The first kappa shape index (κ1) is 15.1. The highest BCUT2D eigenvalue weighted by Crippen LogP contribution is 2.27. The first-order valence-electron chi connectivity index (χ1n) is 6.44. The summed E-state index contributed by atoms with van der Waals surface area (Å²) in [7, 11) is 0. The van der Waals surface area contributed by atoms with E-state index in [-0.39, 0.29) is 18.9 Å². The van der Waals surface area contributed by atoms with E-state index in [9.17, 15) is 20.3 Å². The highest BCUT2D eigenvalue weighted by Gasteiger charge is 2.27. The van der Waals surface area contributed by atoms with Gasteiger partial charge in [0.1, 0.15) is 12.1 Å². The van der Waals surface area contributed by atoms with Crippen LogP contribution < -0.4 is 5.32 Å². The van der Waals surface area contributed by atoms with Crippen LogP contribution in [-0.4, -0.2) is 43.9 Å². The molecule has 0 spiro atoms. The molecule has 1 heterocycles. The van der Waals surface area contributed by atoms with Gasteiger partial charge in [-0.2, -0.15) is 0 Å².